The molecular weight excluding hydrogens is 1390 g/mol. The van der Waals surface area contributed by atoms with Gasteiger partial charge in [0.1, 0.15) is 19.3 Å². The molecule has 0 aromatic rings. The minimum absolute atomic E-state index is 0.107. The Balaban J connectivity index is 5.21. The fourth-order valence-corrected chi connectivity index (χ4v) is 15.3. The van der Waals surface area contributed by atoms with Gasteiger partial charge in [0.05, 0.1) is 26.4 Å². The van der Waals surface area contributed by atoms with E-state index in [1.165, 1.54) is 270 Å². The van der Waals surface area contributed by atoms with Gasteiger partial charge in [-0.25, -0.2) is 9.13 Å². The van der Waals surface area contributed by atoms with Crippen molar-refractivity contribution in [3.63, 3.8) is 0 Å². The molecule has 0 fully saturated rings. The maximum absolute atomic E-state index is 13.2. The third-order valence-electron chi connectivity index (χ3n) is 21.0. The summed E-state index contributed by atoms with van der Waals surface area (Å²) in [5, 5.41) is 10.7. The van der Waals surface area contributed by atoms with Crippen LogP contribution in [0.4, 0.5) is 0 Å². The predicted molar refractivity (Wildman–Crippen MR) is 441 cm³/mol. The van der Waals surface area contributed by atoms with Gasteiger partial charge in [0.15, 0.2) is 12.2 Å². The summed E-state index contributed by atoms with van der Waals surface area (Å²) in [6.07, 6.45) is 69.6. The van der Waals surface area contributed by atoms with Gasteiger partial charge in [-0.1, -0.05) is 414 Å². The molecule has 0 aliphatic rings. The zero-order valence-corrected chi connectivity index (χ0v) is 72.4. The van der Waals surface area contributed by atoms with Gasteiger partial charge >= 0.3 is 39.5 Å². The van der Waals surface area contributed by atoms with E-state index in [1.54, 1.807) is 0 Å². The van der Waals surface area contributed by atoms with Gasteiger partial charge in [-0.2, -0.15) is 0 Å². The Labute approximate surface area is 658 Å². The van der Waals surface area contributed by atoms with Gasteiger partial charge in [-0.15, -0.1) is 0 Å². The van der Waals surface area contributed by atoms with Crippen LogP contribution < -0.4 is 0 Å². The predicted octanol–water partition coefficient (Wildman–Crippen LogP) is 26.9. The van der Waals surface area contributed by atoms with Crippen molar-refractivity contribution < 1.29 is 80.2 Å². The summed E-state index contributed by atoms with van der Waals surface area (Å²) < 4.78 is 68.9. The molecule has 0 heterocycles. The van der Waals surface area contributed by atoms with Gasteiger partial charge in [0, 0.05) is 25.7 Å². The molecule has 19 heteroatoms. The lowest BCUT2D eigenvalue weighted by Crippen LogP contribution is -2.30. The van der Waals surface area contributed by atoms with Gasteiger partial charge in [-0.3, -0.25) is 37.3 Å². The molecule has 636 valence electrons. The van der Waals surface area contributed by atoms with Crippen molar-refractivity contribution in [3.8, 4) is 0 Å². The standard InChI is InChI=1S/C88H172O17P2/c1-8-10-11-12-13-14-15-16-31-37-42-49-57-64-71-88(93)105-84(76-99-86(91)70-63-56-51-44-46-53-60-67-80(5)6)78-103-107(96,97)101-74-82(89)73-100-106(94,95)102-77-83(75-98-85(90)69-62-55-48-41-36-32-27-23-19-17-21-25-29-34-39-45-52-59-66-79(3)4)104-87(92)72-65-58-50-43-38-33-28-24-20-18-22-26-30-35-40-47-54-61-68-81(7)9-2/h79-84,89H,8-78H2,1-7H3,(H,94,95)(H,96,97)/t81?,82-,83-,84-/m1/s1. The molecule has 17 nitrogen and oxygen atoms in total. The Morgan fingerprint density at radius 1 is 0.271 bits per heavy atom. The summed E-state index contributed by atoms with van der Waals surface area (Å²) in [6, 6.07) is 0. The van der Waals surface area contributed by atoms with Crippen molar-refractivity contribution >= 4 is 39.5 Å². The first-order chi connectivity index (χ1) is 51.8. The monoisotopic (exact) mass is 1560 g/mol. The number of hydrogen-bond donors (Lipinski definition) is 3. The smallest absolute Gasteiger partial charge is 0.462 e. The summed E-state index contributed by atoms with van der Waals surface area (Å²) in [4.78, 5) is 73.2. The summed E-state index contributed by atoms with van der Waals surface area (Å²) >= 11 is 0. The molecule has 0 spiro atoms. The molecule has 0 aliphatic heterocycles. The van der Waals surface area contributed by atoms with Crippen LogP contribution in [-0.4, -0.2) is 96.7 Å². The molecule has 0 saturated carbocycles. The molecule has 0 aliphatic carbocycles. The van der Waals surface area contributed by atoms with Crippen LogP contribution in [0.3, 0.4) is 0 Å². The van der Waals surface area contributed by atoms with Crippen molar-refractivity contribution in [2.24, 2.45) is 17.8 Å². The Morgan fingerprint density at radius 3 is 0.710 bits per heavy atom. The number of esters is 4. The van der Waals surface area contributed by atoms with Crippen LogP contribution in [0.1, 0.15) is 466 Å². The second kappa shape index (κ2) is 78.0. The van der Waals surface area contributed by atoms with Crippen molar-refractivity contribution in [2.75, 3.05) is 39.6 Å². The summed E-state index contributed by atoms with van der Waals surface area (Å²) in [7, 11) is -9.93. The first kappa shape index (κ1) is 105. The number of phosphoric ester groups is 2. The Bertz CT molecular complexity index is 2060. The quantitative estimate of drug-likeness (QED) is 0.0222. The van der Waals surface area contributed by atoms with Crippen LogP contribution in [0, 0.1) is 17.8 Å². The molecule has 0 saturated heterocycles. The first-order valence-electron chi connectivity index (χ1n) is 45.4. The van der Waals surface area contributed by atoms with Gasteiger partial charge in [0.25, 0.3) is 0 Å². The number of phosphoric acid groups is 2. The van der Waals surface area contributed by atoms with Crippen LogP contribution in [0.2, 0.25) is 0 Å². The second-order valence-corrected chi connectivity index (χ2v) is 35.7. The lowest BCUT2D eigenvalue weighted by Gasteiger charge is -2.21. The van der Waals surface area contributed by atoms with Crippen molar-refractivity contribution in [1.82, 2.24) is 0 Å². The van der Waals surface area contributed by atoms with E-state index in [2.05, 4.69) is 48.5 Å². The highest BCUT2D eigenvalue weighted by molar-refractivity contribution is 7.47. The Kier molecular flexibility index (Phi) is 76.6. The molecule has 6 atom stereocenters. The van der Waals surface area contributed by atoms with E-state index < -0.39 is 97.5 Å². The molecule has 0 aromatic carbocycles. The molecule has 0 radical (unpaired) electrons. The highest BCUT2D eigenvalue weighted by atomic mass is 31.2. The number of unbranched alkanes of at least 4 members (excludes halogenated alkanes) is 53. The minimum atomic E-state index is -4.97. The average Bonchev–Trinajstić information content (AvgIpc) is 0.901. The minimum Gasteiger partial charge on any atom is -0.462 e. The summed E-state index contributed by atoms with van der Waals surface area (Å²) in [6.45, 7) is 12.0. The molecule has 3 N–H and O–H groups in total. The molecule has 0 bridgehead atoms. The maximum atomic E-state index is 13.2. The van der Waals surface area contributed by atoms with E-state index >= 15 is 0 Å². The number of carbonyl (C=O) groups is 4. The SMILES string of the molecule is CCCCCCCCCCCCCCCCC(=O)O[C@H](COC(=O)CCCCCCCCCC(C)C)COP(=O)(O)OC[C@H](O)COP(=O)(O)OC[C@@H](COC(=O)CCCCCCCCCCCCCCCCCCCCC(C)C)OC(=O)CCCCCCCCCCCCCCCCCCCCC(C)CC. The fraction of sp³-hybridized carbons (Fsp3) is 0.955. The largest absolute Gasteiger partial charge is 0.472 e. The fourth-order valence-electron chi connectivity index (χ4n) is 13.7. The molecule has 107 heavy (non-hydrogen) atoms. The van der Waals surface area contributed by atoms with E-state index in [4.69, 9.17) is 37.0 Å². The highest BCUT2D eigenvalue weighted by Crippen LogP contribution is 2.45. The lowest BCUT2D eigenvalue weighted by atomic mass is 9.99. The lowest BCUT2D eigenvalue weighted by molar-refractivity contribution is -0.161. The van der Waals surface area contributed by atoms with Crippen LogP contribution in [0.25, 0.3) is 0 Å². The summed E-state index contributed by atoms with van der Waals surface area (Å²) in [5.74, 6) is 0.296. The van der Waals surface area contributed by atoms with Gasteiger partial charge in [-0.05, 0) is 43.4 Å². The second-order valence-electron chi connectivity index (χ2n) is 32.8. The number of ether oxygens (including phenoxy) is 4. The first-order valence-corrected chi connectivity index (χ1v) is 48.4. The third-order valence-corrected chi connectivity index (χ3v) is 22.9. The van der Waals surface area contributed by atoms with E-state index in [1.807, 2.05) is 0 Å². The molecular formula is C88H172O17P2. The van der Waals surface area contributed by atoms with Gasteiger partial charge < -0.3 is 33.8 Å². The van der Waals surface area contributed by atoms with Crippen LogP contribution in [-0.2, 0) is 65.4 Å². The molecule has 3 unspecified atom stereocenters. The third kappa shape index (κ3) is 80.5. The van der Waals surface area contributed by atoms with Crippen molar-refractivity contribution in [2.45, 2.75) is 484 Å². The number of rotatable bonds is 86. The Morgan fingerprint density at radius 2 is 0.477 bits per heavy atom. The number of hydrogen-bond acceptors (Lipinski definition) is 15. The number of aliphatic hydroxyl groups excluding tert-OH is 1. The van der Waals surface area contributed by atoms with Gasteiger partial charge in [0.2, 0.25) is 0 Å². The molecule has 0 rings (SSSR count). The van der Waals surface area contributed by atoms with Crippen LogP contribution >= 0.6 is 15.6 Å². The Hall–Kier alpha value is -1.94. The van der Waals surface area contributed by atoms with Crippen LogP contribution in [0.5, 0.6) is 0 Å². The highest BCUT2D eigenvalue weighted by Gasteiger charge is 2.31. The number of carbonyl (C=O) groups excluding carboxylic acids is 4. The maximum Gasteiger partial charge on any atom is 0.472 e. The topological polar surface area (TPSA) is 237 Å². The van der Waals surface area contributed by atoms with Crippen LogP contribution in [0.15, 0.2) is 0 Å². The van der Waals surface area contributed by atoms with Crippen molar-refractivity contribution in [3.05, 3.63) is 0 Å². The summed E-state index contributed by atoms with van der Waals surface area (Å²) in [5.41, 5.74) is 0. The van der Waals surface area contributed by atoms with Crippen molar-refractivity contribution in [1.29, 1.82) is 0 Å². The molecule has 0 amide bonds. The average molecular weight is 1560 g/mol. The zero-order valence-electron chi connectivity index (χ0n) is 70.6. The van der Waals surface area contributed by atoms with E-state index in [0.717, 1.165) is 108 Å². The molecule has 0 aromatic heterocycles. The van der Waals surface area contributed by atoms with E-state index in [9.17, 15) is 43.2 Å². The van der Waals surface area contributed by atoms with E-state index in [0.29, 0.717) is 31.6 Å². The van der Waals surface area contributed by atoms with E-state index in [-0.39, 0.29) is 25.7 Å². The number of aliphatic hydroxyl groups is 1. The zero-order chi connectivity index (χ0) is 78.6. The normalized spacial score (nSPS) is 14.1.